The highest BCUT2D eigenvalue weighted by molar-refractivity contribution is 5.85. The van der Waals surface area contributed by atoms with E-state index in [2.05, 4.69) is 0 Å². The van der Waals surface area contributed by atoms with Crippen molar-refractivity contribution in [2.45, 2.75) is 19.1 Å². The Labute approximate surface area is 109 Å². The van der Waals surface area contributed by atoms with Crippen LogP contribution in [0.1, 0.15) is 18.5 Å². The summed E-state index contributed by atoms with van der Waals surface area (Å²) in [6.07, 6.45) is -4.47. The molecule has 0 aliphatic carbocycles. The Morgan fingerprint density at radius 1 is 1.28 bits per heavy atom. The number of hydrogen-bond donors (Lipinski definition) is 1. The number of methoxy groups -OCH3 is 1. The van der Waals surface area contributed by atoms with Crippen molar-refractivity contribution in [2.75, 3.05) is 13.7 Å². The molecule has 1 rings (SSSR count). The van der Waals surface area contributed by atoms with Crippen molar-refractivity contribution < 1.29 is 22.6 Å². The number of rotatable bonds is 4. The molecule has 7 heteroatoms. The van der Waals surface area contributed by atoms with Gasteiger partial charge in [-0.2, -0.15) is 13.2 Å². The predicted molar refractivity (Wildman–Crippen MR) is 64.4 cm³/mol. The minimum atomic E-state index is -4.47. The van der Waals surface area contributed by atoms with Gasteiger partial charge >= 0.3 is 6.18 Å². The summed E-state index contributed by atoms with van der Waals surface area (Å²) in [6, 6.07) is 1.92. The van der Waals surface area contributed by atoms with Crippen molar-refractivity contribution in [1.29, 1.82) is 0 Å². The zero-order valence-electron chi connectivity index (χ0n) is 9.95. The molecule has 3 nitrogen and oxygen atoms in total. The average Bonchev–Trinajstić information content (AvgIpc) is 2.27. The molecule has 1 aromatic rings. The van der Waals surface area contributed by atoms with E-state index >= 15 is 0 Å². The highest BCUT2D eigenvalue weighted by atomic mass is 35.5. The summed E-state index contributed by atoms with van der Waals surface area (Å²) in [5.41, 5.74) is 5.05. The first kappa shape index (κ1) is 16.9. The van der Waals surface area contributed by atoms with Crippen molar-refractivity contribution in [1.82, 2.24) is 0 Å². The summed E-state index contributed by atoms with van der Waals surface area (Å²) < 4.78 is 47.5. The minimum absolute atomic E-state index is 0. The molecule has 104 valence electrons. The molecule has 1 atom stereocenters. The SMILES string of the molecule is CCOc1cc([C@@H](N)C(F)(F)F)ccc1OC.Cl. The van der Waals surface area contributed by atoms with Gasteiger partial charge in [0.15, 0.2) is 11.5 Å². The van der Waals surface area contributed by atoms with E-state index < -0.39 is 12.2 Å². The first-order chi connectivity index (χ1) is 7.90. The third-order valence-electron chi connectivity index (χ3n) is 2.20. The van der Waals surface area contributed by atoms with Gasteiger partial charge in [0.2, 0.25) is 0 Å². The maximum Gasteiger partial charge on any atom is 0.407 e. The van der Waals surface area contributed by atoms with E-state index in [-0.39, 0.29) is 23.7 Å². The second kappa shape index (κ2) is 6.70. The molecule has 0 aliphatic heterocycles. The lowest BCUT2D eigenvalue weighted by Gasteiger charge is -2.17. The van der Waals surface area contributed by atoms with Crippen LogP contribution in [-0.2, 0) is 0 Å². The van der Waals surface area contributed by atoms with E-state index in [1.54, 1.807) is 6.92 Å². The molecule has 0 unspecified atom stereocenters. The van der Waals surface area contributed by atoms with Crippen LogP contribution in [0.5, 0.6) is 11.5 Å². The zero-order chi connectivity index (χ0) is 13.1. The van der Waals surface area contributed by atoms with Gasteiger partial charge in [-0.05, 0) is 24.6 Å². The largest absolute Gasteiger partial charge is 0.493 e. The number of benzene rings is 1. The van der Waals surface area contributed by atoms with E-state index in [0.29, 0.717) is 12.4 Å². The summed E-state index contributed by atoms with van der Waals surface area (Å²) in [5, 5.41) is 0. The highest BCUT2D eigenvalue weighted by Gasteiger charge is 2.38. The molecule has 2 N–H and O–H groups in total. The lowest BCUT2D eigenvalue weighted by atomic mass is 10.1. The minimum Gasteiger partial charge on any atom is -0.493 e. The summed E-state index contributed by atoms with van der Waals surface area (Å²) in [6.45, 7) is 2.07. The van der Waals surface area contributed by atoms with Gasteiger partial charge in [-0.1, -0.05) is 6.07 Å². The molecule has 18 heavy (non-hydrogen) atoms. The lowest BCUT2D eigenvalue weighted by molar-refractivity contribution is -0.149. The molecule has 0 saturated carbocycles. The van der Waals surface area contributed by atoms with Crippen molar-refractivity contribution in [3.63, 3.8) is 0 Å². The van der Waals surface area contributed by atoms with Crippen LogP contribution >= 0.6 is 12.4 Å². The topological polar surface area (TPSA) is 44.5 Å². The highest BCUT2D eigenvalue weighted by Crippen LogP contribution is 2.35. The predicted octanol–water partition coefficient (Wildman–Crippen LogP) is 3.08. The van der Waals surface area contributed by atoms with E-state index in [1.165, 1.54) is 25.3 Å². The molecule has 0 saturated heterocycles. The number of alkyl halides is 3. The molecule has 0 fully saturated rings. The number of hydrogen-bond acceptors (Lipinski definition) is 3. The molecule has 0 radical (unpaired) electrons. The Morgan fingerprint density at radius 3 is 2.33 bits per heavy atom. The summed E-state index contributed by atoms with van der Waals surface area (Å²) in [4.78, 5) is 0. The van der Waals surface area contributed by atoms with E-state index in [9.17, 15) is 13.2 Å². The summed E-state index contributed by atoms with van der Waals surface area (Å²) in [7, 11) is 1.42. The fourth-order valence-corrected chi connectivity index (χ4v) is 1.34. The van der Waals surface area contributed by atoms with Crippen molar-refractivity contribution in [3.05, 3.63) is 23.8 Å². The molecule has 0 bridgehead atoms. The number of halogens is 4. The quantitative estimate of drug-likeness (QED) is 0.924. The van der Waals surface area contributed by atoms with Gasteiger partial charge in [-0.3, -0.25) is 0 Å². The molecule has 0 heterocycles. The standard InChI is InChI=1S/C11H14F3NO2.ClH/c1-3-17-9-6-7(4-5-8(9)16-2)10(15)11(12,13)14;/h4-6,10H,3,15H2,1-2H3;1H/t10-;/m1./s1. The molecule has 0 amide bonds. The maximum absolute atomic E-state index is 12.4. The van der Waals surface area contributed by atoms with Gasteiger partial charge in [-0.25, -0.2) is 0 Å². The van der Waals surface area contributed by atoms with Crippen LogP contribution in [0.25, 0.3) is 0 Å². The second-order valence-electron chi connectivity index (χ2n) is 3.36. The Bertz CT molecular complexity index is 385. The Kier molecular flexibility index (Phi) is 6.28. The van der Waals surface area contributed by atoms with Gasteiger partial charge in [0.1, 0.15) is 6.04 Å². The van der Waals surface area contributed by atoms with Gasteiger partial charge in [-0.15, -0.1) is 12.4 Å². The Hall–Kier alpha value is -1.14. The summed E-state index contributed by atoms with van der Waals surface area (Å²) >= 11 is 0. The van der Waals surface area contributed by atoms with Gasteiger partial charge in [0.25, 0.3) is 0 Å². The van der Waals surface area contributed by atoms with Crippen LogP contribution < -0.4 is 15.2 Å². The Balaban J connectivity index is 0.00000289. The van der Waals surface area contributed by atoms with E-state index in [4.69, 9.17) is 15.2 Å². The van der Waals surface area contributed by atoms with Crippen LogP contribution in [0.3, 0.4) is 0 Å². The molecule has 0 spiro atoms. The van der Waals surface area contributed by atoms with Crippen LogP contribution in [0.2, 0.25) is 0 Å². The van der Waals surface area contributed by atoms with Crippen molar-refractivity contribution >= 4 is 12.4 Å². The third-order valence-corrected chi connectivity index (χ3v) is 2.20. The molecule has 0 aliphatic rings. The third kappa shape index (κ3) is 3.96. The molecular weight excluding hydrogens is 271 g/mol. The lowest BCUT2D eigenvalue weighted by Crippen LogP contribution is -2.28. The first-order valence-electron chi connectivity index (χ1n) is 5.03. The van der Waals surface area contributed by atoms with E-state index in [0.717, 1.165) is 0 Å². The summed E-state index contributed by atoms with van der Waals surface area (Å²) in [5.74, 6) is 0.636. The molecular formula is C11H15ClF3NO2. The Morgan fingerprint density at radius 2 is 1.89 bits per heavy atom. The van der Waals surface area contributed by atoms with E-state index in [1.807, 2.05) is 0 Å². The fraction of sp³-hybridized carbons (Fsp3) is 0.455. The fourth-order valence-electron chi connectivity index (χ4n) is 1.34. The number of ether oxygens (including phenoxy) is 2. The normalized spacial score (nSPS) is 12.6. The van der Waals surface area contributed by atoms with Crippen molar-refractivity contribution in [3.8, 4) is 11.5 Å². The van der Waals surface area contributed by atoms with Crippen LogP contribution in [0.4, 0.5) is 13.2 Å². The zero-order valence-corrected chi connectivity index (χ0v) is 10.8. The average molecular weight is 286 g/mol. The van der Waals surface area contributed by atoms with Gasteiger partial charge in [0.05, 0.1) is 13.7 Å². The smallest absolute Gasteiger partial charge is 0.407 e. The van der Waals surface area contributed by atoms with Crippen LogP contribution in [-0.4, -0.2) is 19.9 Å². The maximum atomic E-state index is 12.4. The number of nitrogens with two attached hydrogens (primary N) is 1. The molecule has 0 aromatic heterocycles. The van der Waals surface area contributed by atoms with Crippen LogP contribution in [0.15, 0.2) is 18.2 Å². The van der Waals surface area contributed by atoms with Gasteiger partial charge < -0.3 is 15.2 Å². The second-order valence-corrected chi connectivity index (χ2v) is 3.36. The van der Waals surface area contributed by atoms with Crippen LogP contribution in [0, 0.1) is 0 Å². The first-order valence-corrected chi connectivity index (χ1v) is 5.03. The van der Waals surface area contributed by atoms with Gasteiger partial charge in [0, 0.05) is 0 Å². The molecule has 1 aromatic carbocycles. The van der Waals surface area contributed by atoms with Crippen molar-refractivity contribution in [2.24, 2.45) is 5.73 Å². The monoisotopic (exact) mass is 285 g/mol.